The zero-order valence-electron chi connectivity index (χ0n) is 17.3. The fourth-order valence-corrected chi connectivity index (χ4v) is 3.72. The molecule has 2 saturated heterocycles. The third-order valence-electron chi connectivity index (χ3n) is 5.63. The van der Waals surface area contributed by atoms with E-state index in [0.29, 0.717) is 16.9 Å². The highest BCUT2D eigenvalue weighted by atomic mass is 16.7. The molecule has 12 heteroatoms. The van der Waals surface area contributed by atoms with E-state index in [-0.39, 0.29) is 6.61 Å². The molecule has 2 heterocycles. The van der Waals surface area contributed by atoms with Crippen LogP contribution in [0.15, 0.2) is 18.2 Å². The van der Waals surface area contributed by atoms with Gasteiger partial charge in [0.05, 0.1) is 19.8 Å². The molecule has 0 amide bonds. The molecule has 2 fully saturated rings. The molecule has 0 bridgehead atoms. The van der Waals surface area contributed by atoms with Crippen molar-refractivity contribution in [1.29, 1.82) is 0 Å². The van der Waals surface area contributed by atoms with Crippen LogP contribution in [0.5, 0.6) is 5.75 Å². The van der Waals surface area contributed by atoms with Gasteiger partial charge in [-0.25, -0.2) is 0 Å². The molecule has 0 spiro atoms. The van der Waals surface area contributed by atoms with Crippen molar-refractivity contribution >= 4 is 0 Å². The second kappa shape index (κ2) is 10.7. The zero-order valence-corrected chi connectivity index (χ0v) is 17.3. The second-order valence-corrected chi connectivity index (χ2v) is 7.88. The van der Waals surface area contributed by atoms with Crippen LogP contribution in [-0.2, 0) is 20.8 Å². The minimum Gasteiger partial charge on any atom is -0.462 e. The Morgan fingerprint density at radius 3 is 2.00 bits per heavy atom. The Bertz CT molecular complexity index is 743. The normalized spacial score (nSPS) is 40.3. The lowest BCUT2D eigenvalue weighted by atomic mass is 9.97. The third kappa shape index (κ3) is 5.05. The van der Waals surface area contributed by atoms with E-state index < -0.39 is 74.6 Å². The lowest BCUT2D eigenvalue weighted by Gasteiger charge is -2.45. The van der Waals surface area contributed by atoms with Gasteiger partial charge in [-0.3, -0.25) is 0 Å². The molecule has 182 valence electrons. The number of ether oxygens (including phenoxy) is 4. The molecule has 2 aliphatic rings. The first-order valence-electron chi connectivity index (χ1n) is 10.2. The average Bonchev–Trinajstić information content (AvgIpc) is 2.79. The lowest BCUT2D eigenvalue weighted by Crippen LogP contribution is -2.65. The van der Waals surface area contributed by atoms with E-state index >= 15 is 0 Å². The van der Waals surface area contributed by atoms with Crippen molar-refractivity contribution in [2.45, 2.75) is 74.9 Å². The summed E-state index contributed by atoms with van der Waals surface area (Å²) in [6.07, 6.45) is -15.2. The number of aliphatic hydroxyl groups excluding tert-OH is 8. The zero-order chi connectivity index (χ0) is 23.6. The van der Waals surface area contributed by atoms with E-state index in [0.717, 1.165) is 0 Å². The summed E-state index contributed by atoms with van der Waals surface area (Å²) in [6, 6.07) is 4.85. The molecule has 1 aromatic rings. The van der Waals surface area contributed by atoms with Crippen molar-refractivity contribution in [3.8, 4) is 5.75 Å². The van der Waals surface area contributed by atoms with E-state index in [4.69, 9.17) is 18.9 Å². The topological polar surface area (TPSA) is 199 Å². The van der Waals surface area contributed by atoms with Gasteiger partial charge < -0.3 is 59.8 Å². The standard InChI is InChI=1S/C20H30O12/c1-8-4-9(5-21)2-3-10(8)29-19-17(28)15(26)18(12(7-23)31-19)32-20-16(27)14(25)13(24)11(6-22)30-20/h2-4,11-28H,5-7H2,1H3. The van der Waals surface area contributed by atoms with Gasteiger partial charge >= 0.3 is 0 Å². The second-order valence-electron chi connectivity index (χ2n) is 7.88. The summed E-state index contributed by atoms with van der Waals surface area (Å²) in [7, 11) is 0. The van der Waals surface area contributed by atoms with Crippen LogP contribution in [0.1, 0.15) is 11.1 Å². The molecular weight excluding hydrogens is 432 g/mol. The number of benzene rings is 1. The van der Waals surface area contributed by atoms with Crippen LogP contribution in [0.4, 0.5) is 0 Å². The molecule has 0 saturated carbocycles. The maximum absolute atomic E-state index is 10.6. The van der Waals surface area contributed by atoms with Crippen LogP contribution in [-0.4, -0.2) is 115 Å². The largest absolute Gasteiger partial charge is 0.462 e. The Morgan fingerprint density at radius 2 is 1.41 bits per heavy atom. The quantitative estimate of drug-likeness (QED) is 0.199. The van der Waals surface area contributed by atoms with Gasteiger partial charge in [0.15, 0.2) is 6.29 Å². The summed E-state index contributed by atoms with van der Waals surface area (Å²) in [5.41, 5.74) is 1.29. The Labute approximate surface area is 183 Å². The highest BCUT2D eigenvalue weighted by Crippen LogP contribution is 2.31. The molecule has 1 aromatic carbocycles. The predicted octanol–water partition coefficient (Wildman–Crippen LogP) is -3.51. The summed E-state index contributed by atoms with van der Waals surface area (Å²) >= 11 is 0. The molecule has 10 unspecified atom stereocenters. The monoisotopic (exact) mass is 462 g/mol. The van der Waals surface area contributed by atoms with Crippen LogP contribution in [0.25, 0.3) is 0 Å². The third-order valence-corrected chi connectivity index (χ3v) is 5.63. The Balaban J connectivity index is 1.72. The van der Waals surface area contributed by atoms with E-state index in [1.54, 1.807) is 25.1 Å². The molecule has 3 rings (SSSR count). The summed E-state index contributed by atoms with van der Waals surface area (Å²) in [5.74, 6) is 0.323. The average molecular weight is 462 g/mol. The number of rotatable bonds is 7. The SMILES string of the molecule is Cc1cc(CO)ccc1OC1OC(CO)C(OC2OC(CO)C(O)C(O)C2O)C(O)C1O. The summed E-state index contributed by atoms with van der Waals surface area (Å²) in [6.45, 7) is 0.222. The molecular formula is C20H30O12. The van der Waals surface area contributed by atoms with Crippen LogP contribution >= 0.6 is 0 Å². The fourth-order valence-electron chi connectivity index (χ4n) is 3.72. The highest BCUT2D eigenvalue weighted by molar-refractivity contribution is 5.36. The number of hydrogen-bond donors (Lipinski definition) is 8. The number of aryl methyl sites for hydroxylation is 1. The Hall–Kier alpha value is -1.42. The summed E-state index contributed by atoms with van der Waals surface area (Å²) in [5, 5.41) is 79.3. The van der Waals surface area contributed by atoms with Gasteiger partial charge in [0.1, 0.15) is 54.6 Å². The fraction of sp³-hybridized carbons (Fsp3) is 0.700. The van der Waals surface area contributed by atoms with Crippen molar-refractivity contribution in [1.82, 2.24) is 0 Å². The maximum atomic E-state index is 10.6. The van der Waals surface area contributed by atoms with Crippen molar-refractivity contribution < 1.29 is 59.8 Å². The first-order chi connectivity index (χ1) is 15.2. The number of hydrogen-bond acceptors (Lipinski definition) is 12. The van der Waals surface area contributed by atoms with Crippen LogP contribution in [0.3, 0.4) is 0 Å². The van der Waals surface area contributed by atoms with Crippen molar-refractivity contribution in [3.63, 3.8) is 0 Å². The molecule has 2 aliphatic heterocycles. The number of aliphatic hydroxyl groups is 8. The van der Waals surface area contributed by atoms with Crippen molar-refractivity contribution in [3.05, 3.63) is 29.3 Å². The first-order valence-corrected chi connectivity index (χ1v) is 10.2. The van der Waals surface area contributed by atoms with E-state index in [9.17, 15) is 40.9 Å². The molecule has 0 aromatic heterocycles. The van der Waals surface area contributed by atoms with Crippen LogP contribution in [0, 0.1) is 6.92 Å². The molecule has 32 heavy (non-hydrogen) atoms. The van der Waals surface area contributed by atoms with Crippen LogP contribution in [0.2, 0.25) is 0 Å². The first kappa shape index (κ1) is 25.2. The van der Waals surface area contributed by atoms with Gasteiger partial charge in [-0.15, -0.1) is 0 Å². The van der Waals surface area contributed by atoms with Crippen molar-refractivity contribution in [2.75, 3.05) is 13.2 Å². The molecule has 0 radical (unpaired) electrons. The van der Waals surface area contributed by atoms with Gasteiger partial charge in [0.2, 0.25) is 6.29 Å². The molecule has 8 N–H and O–H groups in total. The van der Waals surface area contributed by atoms with Gasteiger partial charge in [0, 0.05) is 0 Å². The van der Waals surface area contributed by atoms with Gasteiger partial charge in [-0.1, -0.05) is 12.1 Å². The minimum atomic E-state index is -1.74. The predicted molar refractivity (Wildman–Crippen MR) is 104 cm³/mol. The maximum Gasteiger partial charge on any atom is 0.229 e. The van der Waals surface area contributed by atoms with Crippen molar-refractivity contribution in [2.24, 2.45) is 0 Å². The summed E-state index contributed by atoms with van der Waals surface area (Å²) in [4.78, 5) is 0. The lowest BCUT2D eigenvalue weighted by molar-refractivity contribution is -0.352. The minimum absolute atomic E-state index is 0.161. The Kier molecular flexibility index (Phi) is 8.41. The molecule has 0 aliphatic carbocycles. The van der Waals surface area contributed by atoms with E-state index in [1.807, 2.05) is 0 Å². The van der Waals surface area contributed by atoms with Gasteiger partial charge in [0.25, 0.3) is 0 Å². The summed E-state index contributed by atoms with van der Waals surface area (Å²) < 4.78 is 22.0. The molecule has 12 nitrogen and oxygen atoms in total. The Morgan fingerprint density at radius 1 is 0.781 bits per heavy atom. The van der Waals surface area contributed by atoms with Gasteiger partial charge in [-0.2, -0.15) is 0 Å². The smallest absolute Gasteiger partial charge is 0.229 e. The van der Waals surface area contributed by atoms with E-state index in [1.165, 1.54) is 0 Å². The highest BCUT2D eigenvalue weighted by Gasteiger charge is 2.51. The molecule has 10 atom stereocenters. The van der Waals surface area contributed by atoms with E-state index in [2.05, 4.69) is 0 Å². The van der Waals surface area contributed by atoms with Gasteiger partial charge in [-0.05, 0) is 24.1 Å². The van der Waals surface area contributed by atoms with Crippen LogP contribution < -0.4 is 4.74 Å².